The van der Waals surface area contributed by atoms with Gasteiger partial charge in [-0.25, -0.2) is 9.37 Å². The molecule has 0 unspecified atom stereocenters. The van der Waals surface area contributed by atoms with Gasteiger partial charge in [-0.3, -0.25) is 4.79 Å². The van der Waals surface area contributed by atoms with Crippen LogP contribution in [0.15, 0.2) is 36.4 Å². The lowest BCUT2D eigenvalue weighted by molar-refractivity contribution is -0.0247. The number of carbonyl (C=O) groups is 1. The largest absolute Gasteiger partial charge is 0.496 e. The number of morpholine rings is 1. The van der Waals surface area contributed by atoms with E-state index in [0.29, 0.717) is 37.0 Å². The summed E-state index contributed by atoms with van der Waals surface area (Å²) in [6, 6.07) is 9.17. The number of benzene rings is 1. The van der Waals surface area contributed by atoms with Crippen molar-refractivity contribution in [3.05, 3.63) is 53.5 Å². The van der Waals surface area contributed by atoms with E-state index in [9.17, 15) is 9.18 Å². The molecule has 1 fully saturated rings. The lowest BCUT2D eigenvalue weighted by atomic mass is 10.1. The predicted molar refractivity (Wildman–Crippen MR) is 86.2 cm³/mol. The molecule has 0 radical (unpaired) electrons. The molecule has 1 saturated heterocycles. The Bertz CT molecular complexity index is 754. The Kier molecular flexibility index (Phi) is 4.61. The van der Waals surface area contributed by atoms with Crippen LogP contribution < -0.4 is 10.5 Å². The molecule has 2 N–H and O–H groups in total. The van der Waals surface area contributed by atoms with Gasteiger partial charge in [-0.05, 0) is 30.3 Å². The Labute approximate surface area is 139 Å². The normalized spacial score (nSPS) is 17.6. The quantitative estimate of drug-likeness (QED) is 0.931. The summed E-state index contributed by atoms with van der Waals surface area (Å²) in [4.78, 5) is 18.6. The number of hydrogen-bond acceptors (Lipinski definition) is 5. The number of hydrogen-bond donors (Lipinski definition) is 1. The molecule has 0 spiro atoms. The number of methoxy groups -OCH3 is 1. The Morgan fingerprint density at radius 2 is 2.25 bits per heavy atom. The lowest BCUT2D eigenvalue weighted by Gasteiger charge is -2.33. The molecule has 1 atom stereocenters. The highest BCUT2D eigenvalue weighted by Crippen LogP contribution is 2.26. The van der Waals surface area contributed by atoms with E-state index in [-0.39, 0.29) is 17.6 Å². The molecule has 3 rings (SSSR count). The summed E-state index contributed by atoms with van der Waals surface area (Å²) in [5.74, 6) is -0.0529. The average molecular weight is 331 g/mol. The van der Waals surface area contributed by atoms with Crippen LogP contribution in [0.3, 0.4) is 0 Å². The van der Waals surface area contributed by atoms with Crippen LogP contribution in [-0.4, -0.2) is 42.6 Å². The van der Waals surface area contributed by atoms with Gasteiger partial charge in [0.2, 0.25) is 0 Å². The second-order valence-electron chi connectivity index (χ2n) is 5.44. The fourth-order valence-electron chi connectivity index (χ4n) is 2.68. The van der Waals surface area contributed by atoms with Gasteiger partial charge in [-0.1, -0.05) is 6.07 Å². The van der Waals surface area contributed by atoms with Crippen molar-refractivity contribution in [2.75, 3.05) is 32.5 Å². The second-order valence-corrected chi connectivity index (χ2v) is 5.44. The predicted octanol–water partition coefficient (Wildman–Crippen LogP) is 2.03. The van der Waals surface area contributed by atoms with Crippen molar-refractivity contribution < 1.29 is 18.7 Å². The number of halogens is 1. The number of aromatic nitrogens is 1. The van der Waals surface area contributed by atoms with E-state index in [1.165, 1.54) is 25.3 Å². The van der Waals surface area contributed by atoms with Gasteiger partial charge >= 0.3 is 0 Å². The average Bonchev–Trinajstić information content (AvgIpc) is 2.61. The first-order valence-electron chi connectivity index (χ1n) is 7.55. The van der Waals surface area contributed by atoms with Crippen molar-refractivity contribution in [3.8, 4) is 5.75 Å². The highest BCUT2D eigenvalue weighted by atomic mass is 19.1. The summed E-state index contributed by atoms with van der Waals surface area (Å²) >= 11 is 0. The molecule has 1 aliphatic heterocycles. The van der Waals surface area contributed by atoms with Gasteiger partial charge in [0.1, 0.15) is 23.5 Å². The van der Waals surface area contributed by atoms with Crippen LogP contribution in [-0.2, 0) is 4.74 Å². The monoisotopic (exact) mass is 331 g/mol. The van der Waals surface area contributed by atoms with Crippen LogP contribution in [0.5, 0.6) is 5.75 Å². The molecule has 7 heteroatoms. The maximum Gasteiger partial charge on any atom is 0.257 e. The number of ether oxygens (including phenoxy) is 2. The molecule has 126 valence electrons. The number of rotatable bonds is 3. The Balaban J connectivity index is 1.82. The molecule has 6 nitrogen and oxygen atoms in total. The first-order chi connectivity index (χ1) is 11.6. The van der Waals surface area contributed by atoms with Gasteiger partial charge in [-0.2, -0.15) is 0 Å². The van der Waals surface area contributed by atoms with E-state index in [0.717, 1.165) is 0 Å². The van der Waals surface area contributed by atoms with Crippen LogP contribution in [0.1, 0.15) is 22.2 Å². The molecule has 2 aromatic rings. The second kappa shape index (κ2) is 6.84. The number of carbonyl (C=O) groups excluding carboxylic acids is 1. The topological polar surface area (TPSA) is 77.7 Å². The Hall–Kier alpha value is -2.67. The highest BCUT2D eigenvalue weighted by molar-refractivity contribution is 5.97. The van der Waals surface area contributed by atoms with Crippen LogP contribution in [0.2, 0.25) is 0 Å². The van der Waals surface area contributed by atoms with E-state index in [4.69, 9.17) is 15.2 Å². The first kappa shape index (κ1) is 16.2. The van der Waals surface area contributed by atoms with Crippen molar-refractivity contribution in [2.24, 2.45) is 0 Å². The third-order valence-electron chi connectivity index (χ3n) is 3.87. The zero-order chi connectivity index (χ0) is 17.1. The van der Waals surface area contributed by atoms with Crippen molar-refractivity contribution in [1.82, 2.24) is 9.88 Å². The van der Waals surface area contributed by atoms with Crippen molar-refractivity contribution in [2.45, 2.75) is 6.10 Å². The number of anilines is 1. The summed E-state index contributed by atoms with van der Waals surface area (Å²) in [5.41, 5.74) is 6.56. The molecule has 1 aromatic heterocycles. The summed E-state index contributed by atoms with van der Waals surface area (Å²) in [6.45, 7) is 1.09. The summed E-state index contributed by atoms with van der Waals surface area (Å²) in [5, 5.41) is 0. The third-order valence-corrected chi connectivity index (χ3v) is 3.87. The Morgan fingerprint density at radius 1 is 1.42 bits per heavy atom. The molecule has 1 aliphatic rings. The minimum Gasteiger partial charge on any atom is -0.496 e. The van der Waals surface area contributed by atoms with Crippen molar-refractivity contribution in [3.63, 3.8) is 0 Å². The molecular formula is C17H18FN3O3. The zero-order valence-electron chi connectivity index (χ0n) is 13.2. The van der Waals surface area contributed by atoms with Gasteiger partial charge < -0.3 is 20.1 Å². The fourth-order valence-corrected chi connectivity index (χ4v) is 2.68. The lowest BCUT2D eigenvalue weighted by Crippen LogP contribution is -2.42. The van der Waals surface area contributed by atoms with Crippen molar-refractivity contribution in [1.29, 1.82) is 0 Å². The number of nitrogens with zero attached hydrogens (tertiary/aromatic N) is 2. The van der Waals surface area contributed by atoms with Crippen LogP contribution in [0.25, 0.3) is 0 Å². The molecular weight excluding hydrogens is 313 g/mol. The zero-order valence-corrected chi connectivity index (χ0v) is 13.2. The SMILES string of the molecule is COc1ccc(F)cc1C(=O)N1CCO[C@@H](c2cccc(N)n2)C1. The number of pyridine rings is 1. The molecule has 1 amide bonds. The molecule has 0 saturated carbocycles. The van der Waals surface area contributed by atoms with Crippen molar-refractivity contribution >= 4 is 11.7 Å². The summed E-state index contributed by atoms with van der Waals surface area (Å²) < 4.78 is 24.4. The standard InChI is InChI=1S/C17H18FN3O3/c1-23-14-6-5-11(18)9-12(14)17(22)21-7-8-24-15(10-21)13-3-2-4-16(19)20-13/h2-6,9,15H,7-8,10H2,1H3,(H2,19,20)/t15-/m1/s1. The van der Waals surface area contributed by atoms with Gasteiger partial charge in [0, 0.05) is 6.54 Å². The molecule has 0 aliphatic carbocycles. The van der Waals surface area contributed by atoms with E-state index in [2.05, 4.69) is 4.98 Å². The first-order valence-corrected chi connectivity index (χ1v) is 7.55. The Morgan fingerprint density at radius 3 is 3.00 bits per heavy atom. The van der Waals surface area contributed by atoms with E-state index >= 15 is 0 Å². The number of amides is 1. The minimum atomic E-state index is -0.485. The maximum atomic E-state index is 13.5. The highest BCUT2D eigenvalue weighted by Gasteiger charge is 2.28. The number of nitrogens with two attached hydrogens (primary N) is 1. The smallest absolute Gasteiger partial charge is 0.257 e. The van der Waals surface area contributed by atoms with E-state index in [1.54, 1.807) is 23.1 Å². The molecule has 0 bridgehead atoms. The van der Waals surface area contributed by atoms with E-state index in [1.807, 2.05) is 0 Å². The summed E-state index contributed by atoms with van der Waals surface area (Å²) in [7, 11) is 1.45. The van der Waals surface area contributed by atoms with E-state index < -0.39 is 5.82 Å². The van der Waals surface area contributed by atoms with Gasteiger partial charge in [-0.15, -0.1) is 0 Å². The minimum absolute atomic E-state index is 0.193. The van der Waals surface area contributed by atoms with Crippen LogP contribution >= 0.6 is 0 Å². The summed E-state index contributed by atoms with van der Waals surface area (Å²) in [6.07, 6.45) is -0.370. The third kappa shape index (κ3) is 3.30. The number of nitrogen functional groups attached to an aromatic ring is 1. The van der Waals surface area contributed by atoms with Gasteiger partial charge in [0.05, 0.1) is 31.5 Å². The van der Waals surface area contributed by atoms with Gasteiger partial charge in [0.25, 0.3) is 5.91 Å². The van der Waals surface area contributed by atoms with Crippen LogP contribution in [0, 0.1) is 5.82 Å². The van der Waals surface area contributed by atoms with Gasteiger partial charge in [0.15, 0.2) is 0 Å². The maximum absolute atomic E-state index is 13.5. The molecule has 2 heterocycles. The fraction of sp³-hybridized carbons (Fsp3) is 0.294. The molecule has 1 aromatic carbocycles. The van der Waals surface area contributed by atoms with Crippen LogP contribution in [0.4, 0.5) is 10.2 Å². The molecule has 24 heavy (non-hydrogen) atoms.